The zero-order chi connectivity index (χ0) is 9.97. The number of hydrogen-bond donors (Lipinski definition) is 1. The van der Waals surface area contributed by atoms with Crippen LogP contribution in [0.3, 0.4) is 0 Å². The monoisotopic (exact) mass is 191 g/mol. The smallest absolute Gasteiger partial charge is 0.146 e. The van der Waals surface area contributed by atoms with Crippen molar-refractivity contribution < 1.29 is 0 Å². The largest absolute Gasteiger partial charge is 0.382 e. The van der Waals surface area contributed by atoms with E-state index in [0.717, 1.165) is 12.2 Å². The molecule has 0 amide bonds. The Morgan fingerprint density at radius 3 is 3.21 bits per heavy atom. The average molecular weight is 191 g/mol. The molecular weight excluding hydrogens is 174 g/mol. The summed E-state index contributed by atoms with van der Waals surface area (Å²) in [4.78, 5) is 6.52. The van der Waals surface area contributed by atoms with Crippen molar-refractivity contribution in [2.24, 2.45) is 0 Å². The van der Waals surface area contributed by atoms with Gasteiger partial charge < -0.3 is 10.6 Å². The molecule has 0 aliphatic carbocycles. The highest BCUT2D eigenvalue weighted by molar-refractivity contribution is 5.63. The number of anilines is 2. The van der Waals surface area contributed by atoms with Crippen LogP contribution in [-0.2, 0) is 0 Å². The number of rotatable bonds is 2. The van der Waals surface area contributed by atoms with E-state index in [9.17, 15) is 0 Å². The van der Waals surface area contributed by atoms with Gasteiger partial charge in [-0.15, -0.1) is 0 Å². The molecule has 1 aromatic heterocycles. The summed E-state index contributed by atoms with van der Waals surface area (Å²) in [7, 11) is 0. The van der Waals surface area contributed by atoms with E-state index in [0.29, 0.717) is 11.9 Å². The molecule has 1 atom stereocenters. The van der Waals surface area contributed by atoms with E-state index < -0.39 is 0 Å². The van der Waals surface area contributed by atoms with E-state index in [1.165, 1.54) is 19.3 Å². The first kappa shape index (κ1) is 9.31. The Kier molecular flexibility index (Phi) is 2.57. The van der Waals surface area contributed by atoms with Crippen molar-refractivity contribution >= 4 is 11.5 Å². The van der Waals surface area contributed by atoms with Gasteiger partial charge in [0.1, 0.15) is 5.82 Å². The van der Waals surface area contributed by atoms with Crippen LogP contribution in [0, 0.1) is 0 Å². The minimum atomic E-state index is 0.654. The Balaban J connectivity index is 2.26. The van der Waals surface area contributed by atoms with Crippen LogP contribution in [0.4, 0.5) is 11.5 Å². The number of aromatic nitrogens is 1. The van der Waals surface area contributed by atoms with Gasteiger partial charge in [0.15, 0.2) is 0 Å². The number of nitrogens with two attached hydrogens (primary N) is 1. The van der Waals surface area contributed by atoms with Gasteiger partial charge in [-0.05, 0) is 31.4 Å². The summed E-state index contributed by atoms with van der Waals surface area (Å²) in [6.45, 7) is 3.35. The molecule has 1 unspecified atom stereocenters. The second-order valence-electron chi connectivity index (χ2n) is 3.81. The van der Waals surface area contributed by atoms with Gasteiger partial charge in [-0.25, -0.2) is 4.98 Å². The van der Waals surface area contributed by atoms with Crippen molar-refractivity contribution in [3.8, 4) is 0 Å². The molecule has 2 rings (SSSR count). The Labute approximate surface area is 84.9 Å². The molecule has 76 valence electrons. The van der Waals surface area contributed by atoms with Gasteiger partial charge in [-0.2, -0.15) is 0 Å². The van der Waals surface area contributed by atoms with Crippen LogP contribution in [0.2, 0.25) is 0 Å². The van der Waals surface area contributed by atoms with Crippen molar-refractivity contribution in [3.63, 3.8) is 0 Å². The standard InChI is InChI=1S/C11H17N3/c1-2-9-5-4-8-14(9)10-6-3-7-13-11(10)12/h3,6-7,9H,2,4-5,8H2,1H3,(H2,12,13). The highest BCUT2D eigenvalue weighted by Crippen LogP contribution is 2.29. The molecule has 0 saturated carbocycles. The molecule has 1 saturated heterocycles. The minimum absolute atomic E-state index is 0.654. The molecular formula is C11H17N3. The lowest BCUT2D eigenvalue weighted by molar-refractivity contribution is 0.645. The van der Waals surface area contributed by atoms with Gasteiger partial charge in [0.05, 0.1) is 5.69 Å². The Hall–Kier alpha value is -1.25. The van der Waals surface area contributed by atoms with Crippen molar-refractivity contribution in [1.29, 1.82) is 0 Å². The predicted molar refractivity (Wildman–Crippen MR) is 59.3 cm³/mol. The van der Waals surface area contributed by atoms with E-state index in [2.05, 4.69) is 22.9 Å². The number of nitrogens with zero attached hydrogens (tertiary/aromatic N) is 2. The molecule has 0 spiro atoms. The topological polar surface area (TPSA) is 42.2 Å². The normalized spacial score (nSPS) is 21.5. The van der Waals surface area contributed by atoms with Crippen LogP contribution in [0.1, 0.15) is 26.2 Å². The third-order valence-corrected chi connectivity index (χ3v) is 2.97. The summed E-state index contributed by atoms with van der Waals surface area (Å²) in [5.41, 5.74) is 6.97. The summed E-state index contributed by atoms with van der Waals surface area (Å²) in [6, 6.07) is 4.68. The van der Waals surface area contributed by atoms with Crippen molar-refractivity contribution in [1.82, 2.24) is 4.98 Å². The average Bonchev–Trinajstić information content (AvgIpc) is 2.66. The van der Waals surface area contributed by atoms with Gasteiger partial charge in [0, 0.05) is 18.8 Å². The second kappa shape index (κ2) is 3.86. The van der Waals surface area contributed by atoms with E-state index >= 15 is 0 Å². The maximum Gasteiger partial charge on any atom is 0.146 e. The predicted octanol–water partition coefficient (Wildman–Crippen LogP) is 2.04. The fourth-order valence-electron chi connectivity index (χ4n) is 2.23. The van der Waals surface area contributed by atoms with Crippen LogP contribution >= 0.6 is 0 Å². The molecule has 14 heavy (non-hydrogen) atoms. The Morgan fingerprint density at radius 1 is 1.64 bits per heavy atom. The van der Waals surface area contributed by atoms with Gasteiger partial charge in [0.2, 0.25) is 0 Å². The third kappa shape index (κ3) is 1.54. The van der Waals surface area contributed by atoms with Crippen molar-refractivity contribution in [2.75, 3.05) is 17.2 Å². The van der Waals surface area contributed by atoms with Gasteiger partial charge in [0.25, 0.3) is 0 Å². The molecule has 3 heteroatoms. The molecule has 0 radical (unpaired) electrons. The summed E-state index contributed by atoms with van der Waals surface area (Å²) in [6.07, 6.45) is 5.49. The maximum absolute atomic E-state index is 5.86. The van der Waals surface area contributed by atoms with Crippen molar-refractivity contribution in [3.05, 3.63) is 18.3 Å². The molecule has 1 aromatic rings. The molecule has 1 aliphatic heterocycles. The number of nitrogen functional groups attached to an aromatic ring is 1. The first-order valence-corrected chi connectivity index (χ1v) is 5.30. The number of pyridine rings is 1. The van der Waals surface area contributed by atoms with Crippen molar-refractivity contribution in [2.45, 2.75) is 32.2 Å². The minimum Gasteiger partial charge on any atom is -0.382 e. The zero-order valence-electron chi connectivity index (χ0n) is 8.61. The SMILES string of the molecule is CCC1CCCN1c1cccnc1N. The van der Waals surface area contributed by atoms with Crippen LogP contribution in [0.15, 0.2) is 18.3 Å². The van der Waals surface area contributed by atoms with E-state index in [1.54, 1.807) is 6.20 Å². The molecule has 1 fully saturated rings. The van der Waals surface area contributed by atoms with E-state index in [4.69, 9.17) is 5.73 Å². The lowest BCUT2D eigenvalue weighted by Crippen LogP contribution is -2.29. The molecule has 3 nitrogen and oxygen atoms in total. The number of hydrogen-bond acceptors (Lipinski definition) is 3. The van der Waals surface area contributed by atoms with Crippen LogP contribution < -0.4 is 10.6 Å². The summed E-state index contributed by atoms with van der Waals surface area (Å²) >= 11 is 0. The molecule has 1 aliphatic rings. The fourth-order valence-corrected chi connectivity index (χ4v) is 2.23. The summed E-state index contributed by atoms with van der Waals surface area (Å²) < 4.78 is 0. The van der Waals surface area contributed by atoms with Crippen LogP contribution in [0.5, 0.6) is 0 Å². The summed E-state index contributed by atoms with van der Waals surface area (Å²) in [5.74, 6) is 0.660. The fraction of sp³-hybridized carbons (Fsp3) is 0.545. The van der Waals surface area contributed by atoms with Crippen LogP contribution in [-0.4, -0.2) is 17.6 Å². The Bertz CT molecular complexity index is 311. The maximum atomic E-state index is 5.86. The molecule has 2 heterocycles. The Morgan fingerprint density at radius 2 is 2.50 bits per heavy atom. The van der Waals surface area contributed by atoms with Gasteiger partial charge in [-0.1, -0.05) is 6.92 Å². The molecule has 0 bridgehead atoms. The quantitative estimate of drug-likeness (QED) is 0.777. The summed E-state index contributed by atoms with van der Waals surface area (Å²) in [5, 5.41) is 0. The van der Waals surface area contributed by atoms with E-state index in [1.807, 2.05) is 6.07 Å². The van der Waals surface area contributed by atoms with Gasteiger partial charge >= 0.3 is 0 Å². The first-order valence-electron chi connectivity index (χ1n) is 5.30. The van der Waals surface area contributed by atoms with Gasteiger partial charge in [-0.3, -0.25) is 0 Å². The third-order valence-electron chi connectivity index (χ3n) is 2.97. The highest BCUT2D eigenvalue weighted by Gasteiger charge is 2.24. The zero-order valence-corrected chi connectivity index (χ0v) is 8.61. The first-order chi connectivity index (χ1) is 6.83. The lowest BCUT2D eigenvalue weighted by Gasteiger charge is -2.26. The highest BCUT2D eigenvalue weighted by atomic mass is 15.2. The lowest BCUT2D eigenvalue weighted by atomic mass is 10.1. The van der Waals surface area contributed by atoms with Crippen LogP contribution in [0.25, 0.3) is 0 Å². The molecule has 2 N–H and O–H groups in total. The molecule has 0 aromatic carbocycles. The second-order valence-corrected chi connectivity index (χ2v) is 3.81. The van der Waals surface area contributed by atoms with E-state index in [-0.39, 0.29) is 0 Å².